The zero-order chi connectivity index (χ0) is 9.40. The molecule has 0 saturated carbocycles. The van der Waals surface area contributed by atoms with Crippen LogP contribution in [0.15, 0.2) is 35.5 Å². The molecule has 0 aromatic rings. The van der Waals surface area contributed by atoms with Gasteiger partial charge in [-0.05, 0) is 26.3 Å². The van der Waals surface area contributed by atoms with Crippen LogP contribution in [0, 0.1) is 11.3 Å². The zero-order valence-corrected chi connectivity index (χ0v) is 7.96. The Balaban J connectivity index is 4.26. The maximum atomic E-state index is 8.58. The van der Waals surface area contributed by atoms with E-state index in [1.165, 1.54) is 5.57 Å². The standard InChI is InChI=1S/C11H15N/c1-4-6-10(3)7-8-11(5-2)9-12/h5-8H,4H2,1-3H3/b8-7-,10-6-,11-5+. The molecule has 0 aromatic heterocycles. The second-order valence-electron chi connectivity index (χ2n) is 2.55. The van der Waals surface area contributed by atoms with E-state index in [1.807, 2.05) is 26.0 Å². The molecule has 0 rings (SSSR count). The van der Waals surface area contributed by atoms with Crippen molar-refractivity contribution in [1.82, 2.24) is 0 Å². The molecule has 0 bridgehead atoms. The summed E-state index contributed by atoms with van der Waals surface area (Å²) in [7, 11) is 0. The van der Waals surface area contributed by atoms with Crippen LogP contribution in [0.3, 0.4) is 0 Å². The molecule has 1 heteroatoms. The molecule has 0 aliphatic carbocycles. The van der Waals surface area contributed by atoms with Gasteiger partial charge in [-0.3, -0.25) is 0 Å². The molecule has 0 saturated heterocycles. The van der Waals surface area contributed by atoms with Gasteiger partial charge in [0.15, 0.2) is 0 Å². The van der Waals surface area contributed by atoms with E-state index >= 15 is 0 Å². The highest BCUT2D eigenvalue weighted by Crippen LogP contribution is 2.01. The van der Waals surface area contributed by atoms with E-state index in [4.69, 9.17) is 5.26 Å². The van der Waals surface area contributed by atoms with Gasteiger partial charge in [-0.1, -0.05) is 30.7 Å². The monoisotopic (exact) mass is 161 g/mol. The molecule has 0 aliphatic rings. The molecule has 0 aliphatic heterocycles. The van der Waals surface area contributed by atoms with Crippen molar-refractivity contribution in [3.63, 3.8) is 0 Å². The Bertz CT molecular complexity index is 249. The van der Waals surface area contributed by atoms with Gasteiger partial charge in [0.05, 0.1) is 6.07 Å². The van der Waals surface area contributed by atoms with Crippen molar-refractivity contribution < 1.29 is 0 Å². The topological polar surface area (TPSA) is 23.8 Å². The summed E-state index contributed by atoms with van der Waals surface area (Å²) in [5.74, 6) is 0. The predicted octanol–water partition coefficient (Wildman–Crippen LogP) is 3.37. The summed E-state index contributed by atoms with van der Waals surface area (Å²) in [4.78, 5) is 0. The number of nitriles is 1. The van der Waals surface area contributed by atoms with Crippen molar-refractivity contribution in [1.29, 1.82) is 5.26 Å². The quantitative estimate of drug-likeness (QED) is 0.460. The van der Waals surface area contributed by atoms with Crippen molar-refractivity contribution in [3.8, 4) is 6.07 Å². The molecular formula is C11H15N. The lowest BCUT2D eigenvalue weighted by molar-refractivity contribution is 1.20. The average Bonchev–Trinajstić information content (AvgIpc) is 2.07. The van der Waals surface area contributed by atoms with Gasteiger partial charge in [-0.2, -0.15) is 5.26 Å². The fourth-order valence-electron chi connectivity index (χ4n) is 0.809. The minimum Gasteiger partial charge on any atom is -0.192 e. The summed E-state index contributed by atoms with van der Waals surface area (Å²) in [6.45, 7) is 5.99. The molecule has 0 spiro atoms. The maximum Gasteiger partial charge on any atom is 0.0988 e. The first-order chi connectivity index (χ1) is 5.74. The third-order valence-corrected chi connectivity index (χ3v) is 1.49. The number of rotatable bonds is 3. The number of nitrogens with zero attached hydrogens (tertiary/aromatic N) is 1. The first-order valence-corrected chi connectivity index (χ1v) is 4.15. The normalized spacial score (nSPS) is 13.5. The highest BCUT2D eigenvalue weighted by molar-refractivity contribution is 5.35. The van der Waals surface area contributed by atoms with E-state index < -0.39 is 0 Å². The molecule has 0 radical (unpaired) electrons. The van der Waals surface area contributed by atoms with E-state index in [0.717, 1.165) is 6.42 Å². The Hall–Kier alpha value is -1.29. The fourth-order valence-corrected chi connectivity index (χ4v) is 0.809. The highest BCUT2D eigenvalue weighted by atomic mass is 14.2. The Morgan fingerprint density at radius 1 is 1.42 bits per heavy atom. The first kappa shape index (κ1) is 10.7. The van der Waals surface area contributed by atoms with Crippen molar-refractivity contribution in [2.45, 2.75) is 27.2 Å². The van der Waals surface area contributed by atoms with Gasteiger partial charge in [-0.25, -0.2) is 0 Å². The molecule has 1 nitrogen and oxygen atoms in total. The molecule has 0 N–H and O–H groups in total. The van der Waals surface area contributed by atoms with Gasteiger partial charge in [0.2, 0.25) is 0 Å². The summed E-state index contributed by atoms with van der Waals surface area (Å²) in [5.41, 5.74) is 1.91. The molecule has 0 aromatic carbocycles. The van der Waals surface area contributed by atoms with Gasteiger partial charge in [0, 0.05) is 5.57 Å². The molecule has 0 heterocycles. The van der Waals surface area contributed by atoms with Crippen LogP contribution < -0.4 is 0 Å². The van der Waals surface area contributed by atoms with Crippen LogP contribution in [0.1, 0.15) is 27.2 Å². The third-order valence-electron chi connectivity index (χ3n) is 1.49. The predicted molar refractivity (Wildman–Crippen MR) is 52.6 cm³/mol. The van der Waals surface area contributed by atoms with Crippen molar-refractivity contribution in [3.05, 3.63) is 35.5 Å². The Morgan fingerprint density at radius 3 is 2.50 bits per heavy atom. The minimum absolute atomic E-state index is 0.707. The molecule has 0 amide bonds. The van der Waals surface area contributed by atoms with E-state index in [-0.39, 0.29) is 0 Å². The molecule has 0 unspecified atom stereocenters. The van der Waals surface area contributed by atoms with Crippen molar-refractivity contribution in [2.75, 3.05) is 0 Å². The van der Waals surface area contributed by atoms with Crippen LogP contribution in [0.4, 0.5) is 0 Å². The molecule has 0 atom stereocenters. The second kappa shape index (κ2) is 6.42. The lowest BCUT2D eigenvalue weighted by Crippen LogP contribution is -1.71. The molecular weight excluding hydrogens is 146 g/mol. The summed E-state index contributed by atoms with van der Waals surface area (Å²) in [6.07, 6.45) is 8.76. The second-order valence-corrected chi connectivity index (χ2v) is 2.55. The SMILES string of the molecule is C\C=C(C#N)/C=C\C(C)=C/CC. The van der Waals surface area contributed by atoms with Crippen molar-refractivity contribution >= 4 is 0 Å². The summed E-state index contributed by atoms with van der Waals surface area (Å²) in [6, 6.07) is 2.10. The van der Waals surface area contributed by atoms with E-state index in [2.05, 4.69) is 19.1 Å². The van der Waals surface area contributed by atoms with Gasteiger partial charge >= 0.3 is 0 Å². The Kier molecular flexibility index (Phi) is 5.73. The van der Waals surface area contributed by atoms with Gasteiger partial charge in [-0.15, -0.1) is 0 Å². The van der Waals surface area contributed by atoms with Gasteiger partial charge < -0.3 is 0 Å². The number of hydrogen-bond acceptors (Lipinski definition) is 1. The first-order valence-electron chi connectivity index (χ1n) is 4.15. The maximum absolute atomic E-state index is 8.58. The summed E-state index contributed by atoms with van der Waals surface area (Å²) >= 11 is 0. The minimum atomic E-state index is 0.707. The lowest BCUT2D eigenvalue weighted by atomic mass is 10.2. The summed E-state index contributed by atoms with van der Waals surface area (Å²) in [5, 5.41) is 8.58. The average molecular weight is 161 g/mol. The number of allylic oxidation sites excluding steroid dienone is 6. The van der Waals surface area contributed by atoms with E-state index in [1.54, 1.807) is 6.08 Å². The van der Waals surface area contributed by atoms with E-state index in [0.29, 0.717) is 5.57 Å². The lowest BCUT2D eigenvalue weighted by Gasteiger charge is -1.89. The highest BCUT2D eigenvalue weighted by Gasteiger charge is 1.84. The Labute approximate surface area is 74.7 Å². The molecule has 0 fully saturated rings. The van der Waals surface area contributed by atoms with Crippen molar-refractivity contribution in [2.24, 2.45) is 0 Å². The molecule has 12 heavy (non-hydrogen) atoms. The zero-order valence-electron chi connectivity index (χ0n) is 7.96. The summed E-state index contributed by atoms with van der Waals surface area (Å²) < 4.78 is 0. The number of hydrogen-bond donors (Lipinski definition) is 0. The van der Waals surface area contributed by atoms with Crippen LogP contribution >= 0.6 is 0 Å². The Morgan fingerprint density at radius 2 is 2.08 bits per heavy atom. The van der Waals surface area contributed by atoms with Crippen LogP contribution in [0.2, 0.25) is 0 Å². The molecule has 64 valence electrons. The smallest absolute Gasteiger partial charge is 0.0988 e. The van der Waals surface area contributed by atoms with Crippen LogP contribution in [0.5, 0.6) is 0 Å². The third kappa shape index (κ3) is 4.51. The van der Waals surface area contributed by atoms with Crippen LogP contribution in [0.25, 0.3) is 0 Å². The van der Waals surface area contributed by atoms with Crippen LogP contribution in [-0.2, 0) is 0 Å². The van der Waals surface area contributed by atoms with Gasteiger partial charge in [0.1, 0.15) is 0 Å². The van der Waals surface area contributed by atoms with E-state index in [9.17, 15) is 0 Å². The fraction of sp³-hybridized carbons (Fsp3) is 0.364. The van der Waals surface area contributed by atoms with Gasteiger partial charge in [0.25, 0.3) is 0 Å². The van der Waals surface area contributed by atoms with Crippen LogP contribution in [-0.4, -0.2) is 0 Å². The largest absolute Gasteiger partial charge is 0.192 e.